The molecule has 0 aliphatic rings. The van der Waals surface area contributed by atoms with E-state index in [9.17, 15) is 9.59 Å². The number of hydrogen-bond acceptors (Lipinski definition) is 9. The minimum absolute atomic E-state index is 0.0687. The number of anilines is 1. The molecule has 0 saturated heterocycles. The summed E-state index contributed by atoms with van der Waals surface area (Å²) in [6, 6.07) is 19.0. The highest BCUT2D eigenvalue weighted by atomic mass is 32.2. The molecule has 0 aliphatic heterocycles. The van der Waals surface area contributed by atoms with E-state index in [1.165, 1.54) is 11.8 Å². The van der Waals surface area contributed by atoms with Crippen LogP contribution in [-0.4, -0.2) is 32.8 Å². The fourth-order valence-electron chi connectivity index (χ4n) is 2.90. The Morgan fingerprint density at radius 2 is 2.00 bits per heavy atom. The Hall–Kier alpha value is -4.49. The molecular weight excluding hydrogens is 454 g/mol. The Bertz CT molecular complexity index is 1350. The van der Waals surface area contributed by atoms with Crippen molar-refractivity contribution in [3.63, 3.8) is 0 Å². The van der Waals surface area contributed by atoms with Crippen molar-refractivity contribution < 1.29 is 18.8 Å². The third-order valence-electron chi connectivity index (χ3n) is 4.46. The summed E-state index contributed by atoms with van der Waals surface area (Å²) in [5.74, 6) is -0.278. The van der Waals surface area contributed by atoms with Crippen molar-refractivity contribution >= 4 is 29.3 Å². The summed E-state index contributed by atoms with van der Waals surface area (Å²) in [4.78, 5) is 33.8. The first-order valence-electron chi connectivity index (χ1n) is 10.0. The molecule has 168 valence electrons. The summed E-state index contributed by atoms with van der Waals surface area (Å²) in [7, 11) is 0. The van der Waals surface area contributed by atoms with Gasteiger partial charge in [-0.15, -0.1) is 11.8 Å². The number of carbonyl (C=O) groups excluding carboxylic acids is 2. The highest BCUT2D eigenvalue weighted by Crippen LogP contribution is 2.24. The normalized spacial score (nSPS) is 10.3. The van der Waals surface area contributed by atoms with Crippen LogP contribution in [0.5, 0.6) is 0 Å². The largest absolute Gasteiger partial charge is 0.452 e. The second-order valence-corrected chi connectivity index (χ2v) is 7.87. The van der Waals surface area contributed by atoms with E-state index in [4.69, 9.17) is 14.5 Å². The number of aromatic nitrogens is 3. The number of thioether (sulfide) groups is 1. The Kier molecular flexibility index (Phi) is 7.27. The maximum atomic E-state index is 12.7. The van der Waals surface area contributed by atoms with Crippen LogP contribution in [0.4, 0.5) is 5.69 Å². The number of amides is 1. The second-order valence-electron chi connectivity index (χ2n) is 6.86. The molecule has 0 fully saturated rings. The van der Waals surface area contributed by atoms with Gasteiger partial charge in [0.2, 0.25) is 11.7 Å². The molecule has 4 rings (SSSR count). The van der Waals surface area contributed by atoms with E-state index in [1.54, 1.807) is 73.1 Å². The first kappa shape index (κ1) is 22.7. The zero-order chi connectivity index (χ0) is 23.8. The Labute approximate surface area is 198 Å². The van der Waals surface area contributed by atoms with E-state index in [0.717, 1.165) is 0 Å². The average molecular weight is 471 g/mol. The van der Waals surface area contributed by atoms with Gasteiger partial charge in [0.1, 0.15) is 0 Å². The first-order valence-corrected chi connectivity index (χ1v) is 11.0. The molecule has 0 atom stereocenters. The molecule has 10 heteroatoms. The molecule has 0 saturated carbocycles. The van der Waals surface area contributed by atoms with Gasteiger partial charge in [-0.05, 0) is 42.5 Å². The summed E-state index contributed by atoms with van der Waals surface area (Å²) in [6.45, 7) is -0.194. The molecular formula is C24H17N5O4S. The van der Waals surface area contributed by atoms with Crippen molar-refractivity contribution in [1.29, 1.82) is 5.26 Å². The predicted octanol–water partition coefficient (Wildman–Crippen LogP) is 4.09. The molecule has 9 nitrogen and oxygen atoms in total. The molecule has 1 N–H and O–H groups in total. The van der Waals surface area contributed by atoms with E-state index in [1.807, 2.05) is 6.07 Å². The minimum atomic E-state index is -0.577. The van der Waals surface area contributed by atoms with Crippen LogP contribution in [0.1, 0.15) is 21.8 Å². The van der Waals surface area contributed by atoms with E-state index in [2.05, 4.69) is 20.4 Å². The van der Waals surface area contributed by atoms with Crippen LogP contribution in [0.3, 0.4) is 0 Å². The van der Waals surface area contributed by atoms with Gasteiger partial charge in [-0.2, -0.15) is 10.2 Å². The van der Waals surface area contributed by atoms with Crippen molar-refractivity contribution in [2.45, 2.75) is 11.5 Å². The van der Waals surface area contributed by atoms with Crippen molar-refractivity contribution in [1.82, 2.24) is 15.1 Å². The van der Waals surface area contributed by atoms with E-state index in [0.29, 0.717) is 33.1 Å². The third-order valence-corrected chi connectivity index (χ3v) is 5.53. The number of nitriles is 1. The Morgan fingerprint density at radius 3 is 2.82 bits per heavy atom. The van der Waals surface area contributed by atoms with Gasteiger partial charge >= 0.3 is 5.97 Å². The van der Waals surface area contributed by atoms with Crippen LogP contribution in [0.2, 0.25) is 0 Å². The lowest BCUT2D eigenvalue weighted by Crippen LogP contribution is -2.14. The maximum absolute atomic E-state index is 12.7. The molecule has 1 amide bonds. The third kappa shape index (κ3) is 5.85. The number of pyridine rings is 1. The van der Waals surface area contributed by atoms with Gasteiger partial charge in [0.05, 0.1) is 22.9 Å². The Balaban J connectivity index is 1.34. The number of rotatable bonds is 8. The fraction of sp³-hybridized carbons (Fsp3) is 0.0833. The smallest absolute Gasteiger partial charge is 0.339 e. The van der Waals surface area contributed by atoms with Crippen molar-refractivity contribution in [3.05, 3.63) is 90.1 Å². The van der Waals surface area contributed by atoms with Crippen LogP contribution in [0.25, 0.3) is 11.4 Å². The highest BCUT2D eigenvalue weighted by molar-refractivity contribution is 8.00. The molecule has 0 spiro atoms. The number of nitrogens with one attached hydrogen (secondary N) is 1. The van der Waals surface area contributed by atoms with Gasteiger partial charge in [0.15, 0.2) is 6.61 Å². The summed E-state index contributed by atoms with van der Waals surface area (Å²) in [5, 5.41) is 15.6. The minimum Gasteiger partial charge on any atom is -0.452 e. The SMILES string of the molecule is N#Cc1cccc(NC(=O)CSc2ccccc2C(=O)OCc2nc(-c3cccnc3)no2)c1. The zero-order valence-electron chi connectivity index (χ0n) is 17.7. The van der Waals surface area contributed by atoms with Crippen molar-refractivity contribution in [3.8, 4) is 17.5 Å². The van der Waals surface area contributed by atoms with E-state index >= 15 is 0 Å². The summed E-state index contributed by atoms with van der Waals surface area (Å²) in [5.41, 5.74) is 1.98. The number of esters is 1. The number of ether oxygens (including phenoxy) is 1. The maximum Gasteiger partial charge on any atom is 0.339 e. The van der Waals surface area contributed by atoms with Crippen molar-refractivity contribution in [2.75, 3.05) is 11.1 Å². The van der Waals surface area contributed by atoms with Crippen LogP contribution < -0.4 is 5.32 Å². The standard InChI is InChI=1S/C24H17N5O4S/c25-12-16-5-3-7-18(11-16)27-21(30)15-34-20-9-2-1-8-19(20)24(31)32-14-22-28-23(29-33-22)17-6-4-10-26-13-17/h1-11,13H,14-15H2,(H,27,30). The van der Waals surface area contributed by atoms with Gasteiger partial charge in [-0.25, -0.2) is 4.79 Å². The van der Waals surface area contributed by atoms with Gasteiger partial charge in [-0.3, -0.25) is 9.78 Å². The van der Waals surface area contributed by atoms with Crippen LogP contribution in [-0.2, 0) is 16.1 Å². The summed E-state index contributed by atoms with van der Waals surface area (Å²) >= 11 is 1.20. The van der Waals surface area contributed by atoms with Gasteiger partial charge in [-0.1, -0.05) is 23.4 Å². The fourth-order valence-corrected chi connectivity index (χ4v) is 3.74. The van der Waals surface area contributed by atoms with Gasteiger partial charge in [0, 0.05) is 28.5 Å². The second kappa shape index (κ2) is 10.9. The molecule has 0 bridgehead atoms. The molecule has 2 heterocycles. The molecule has 2 aromatic carbocycles. The molecule has 4 aromatic rings. The molecule has 34 heavy (non-hydrogen) atoms. The quantitative estimate of drug-likeness (QED) is 0.298. The van der Waals surface area contributed by atoms with Crippen molar-refractivity contribution in [2.24, 2.45) is 0 Å². The van der Waals surface area contributed by atoms with Crippen LogP contribution in [0, 0.1) is 11.3 Å². The lowest BCUT2D eigenvalue weighted by atomic mass is 10.2. The van der Waals surface area contributed by atoms with Gasteiger partial charge in [0.25, 0.3) is 5.89 Å². The highest BCUT2D eigenvalue weighted by Gasteiger charge is 2.16. The van der Waals surface area contributed by atoms with E-state index < -0.39 is 5.97 Å². The first-order chi connectivity index (χ1) is 16.6. The topological polar surface area (TPSA) is 131 Å². The number of hydrogen-bond donors (Lipinski definition) is 1. The number of nitrogens with zero attached hydrogens (tertiary/aromatic N) is 4. The van der Waals surface area contributed by atoms with Crippen LogP contribution in [0.15, 0.2) is 82.5 Å². The molecule has 0 radical (unpaired) electrons. The number of carbonyl (C=O) groups is 2. The molecule has 0 unspecified atom stereocenters. The average Bonchev–Trinajstić information content (AvgIpc) is 3.36. The monoisotopic (exact) mass is 471 g/mol. The lowest BCUT2D eigenvalue weighted by Gasteiger charge is -2.09. The van der Waals surface area contributed by atoms with Crippen LogP contribution >= 0.6 is 11.8 Å². The van der Waals surface area contributed by atoms with E-state index in [-0.39, 0.29) is 24.2 Å². The van der Waals surface area contributed by atoms with Gasteiger partial charge < -0.3 is 14.6 Å². The predicted molar refractivity (Wildman–Crippen MR) is 124 cm³/mol. The summed E-state index contributed by atoms with van der Waals surface area (Å²) < 4.78 is 10.5. The molecule has 2 aromatic heterocycles. The number of benzene rings is 2. The zero-order valence-corrected chi connectivity index (χ0v) is 18.5. The lowest BCUT2D eigenvalue weighted by molar-refractivity contribution is -0.113. The summed E-state index contributed by atoms with van der Waals surface area (Å²) in [6.07, 6.45) is 3.24. The Morgan fingerprint density at radius 1 is 1.12 bits per heavy atom. The molecule has 0 aliphatic carbocycles.